The highest BCUT2D eigenvalue weighted by atomic mass is 16.1. The summed E-state index contributed by atoms with van der Waals surface area (Å²) < 4.78 is 0. The highest BCUT2D eigenvalue weighted by molar-refractivity contribution is 6.05. The second kappa shape index (κ2) is 8.29. The maximum absolute atomic E-state index is 12.5. The van der Waals surface area contributed by atoms with Crippen molar-refractivity contribution in [1.82, 2.24) is 4.98 Å². The number of carbonyl (C=O) groups excluding carboxylic acids is 1. The van der Waals surface area contributed by atoms with Crippen LogP contribution in [-0.2, 0) is 0 Å². The minimum absolute atomic E-state index is 0.130. The van der Waals surface area contributed by atoms with Gasteiger partial charge in [0.2, 0.25) is 0 Å². The van der Waals surface area contributed by atoms with Crippen molar-refractivity contribution in [2.45, 2.75) is 26.2 Å². The highest BCUT2D eigenvalue weighted by Crippen LogP contribution is 2.18. The number of nitrogens with zero attached hydrogens (tertiary/aromatic N) is 1. The molecule has 128 valence electrons. The van der Waals surface area contributed by atoms with E-state index in [0.717, 1.165) is 29.6 Å². The number of anilines is 2. The fraction of sp³-hybridized carbons (Fsp3) is 0.238. The van der Waals surface area contributed by atoms with Crippen molar-refractivity contribution in [3.8, 4) is 0 Å². The summed E-state index contributed by atoms with van der Waals surface area (Å²) in [7, 11) is 0. The summed E-state index contributed by atoms with van der Waals surface area (Å²) in [5.41, 5.74) is 3.22. The largest absolute Gasteiger partial charge is 0.385 e. The Kier molecular flexibility index (Phi) is 5.62. The van der Waals surface area contributed by atoms with Crippen molar-refractivity contribution in [3.05, 3.63) is 66.4 Å². The Labute approximate surface area is 148 Å². The molecule has 0 aliphatic rings. The quantitative estimate of drug-likeness (QED) is 0.592. The van der Waals surface area contributed by atoms with Crippen LogP contribution in [0, 0.1) is 0 Å². The van der Waals surface area contributed by atoms with E-state index >= 15 is 0 Å². The lowest BCUT2D eigenvalue weighted by atomic mass is 10.1. The molecule has 0 bridgehead atoms. The van der Waals surface area contributed by atoms with Gasteiger partial charge in [0.25, 0.3) is 5.91 Å². The fourth-order valence-electron chi connectivity index (χ4n) is 2.72. The number of aromatic nitrogens is 1. The number of para-hydroxylation sites is 1. The van der Waals surface area contributed by atoms with Crippen LogP contribution in [0.4, 0.5) is 11.4 Å². The molecule has 0 saturated carbocycles. The number of amides is 1. The number of unbranched alkanes of at least 4 members (excludes halogenated alkanes) is 2. The molecular weight excluding hydrogens is 310 g/mol. The average molecular weight is 333 g/mol. The van der Waals surface area contributed by atoms with Crippen molar-refractivity contribution in [2.75, 3.05) is 17.2 Å². The maximum Gasteiger partial charge on any atom is 0.255 e. The Hall–Kier alpha value is -2.88. The third-order valence-electron chi connectivity index (χ3n) is 4.08. The number of rotatable bonds is 7. The third-order valence-corrected chi connectivity index (χ3v) is 4.08. The van der Waals surface area contributed by atoms with Crippen LogP contribution < -0.4 is 10.6 Å². The van der Waals surface area contributed by atoms with Crippen LogP contribution in [0.1, 0.15) is 36.5 Å². The van der Waals surface area contributed by atoms with Gasteiger partial charge in [-0.1, -0.05) is 44.0 Å². The third kappa shape index (κ3) is 4.57. The lowest BCUT2D eigenvalue weighted by molar-refractivity contribution is 0.102. The van der Waals surface area contributed by atoms with Crippen LogP contribution in [0.25, 0.3) is 10.9 Å². The first kappa shape index (κ1) is 17.0. The zero-order valence-corrected chi connectivity index (χ0v) is 14.5. The molecule has 1 heterocycles. The van der Waals surface area contributed by atoms with E-state index in [0.29, 0.717) is 11.3 Å². The van der Waals surface area contributed by atoms with Gasteiger partial charge in [0.05, 0.1) is 17.4 Å². The molecule has 1 aromatic heterocycles. The molecule has 0 saturated heterocycles. The van der Waals surface area contributed by atoms with Gasteiger partial charge in [0, 0.05) is 23.2 Å². The molecule has 0 unspecified atom stereocenters. The summed E-state index contributed by atoms with van der Waals surface area (Å²) in [6.07, 6.45) is 5.23. The van der Waals surface area contributed by atoms with E-state index in [9.17, 15) is 4.79 Å². The van der Waals surface area contributed by atoms with Gasteiger partial charge in [-0.15, -0.1) is 0 Å². The molecule has 1 amide bonds. The monoisotopic (exact) mass is 333 g/mol. The van der Waals surface area contributed by atoms with Gasteiger partial charge < -0.3 is 10.6 Å². The summed E-state index contributed by atoms with van der Waals surface area (Å²) in [4.78, 5) is 16.9. The second-order valence-corrected chi connectivity index (χ2v) is 6.09. The first-order valence-electron chi connectivity index (χ1n) is 8.76. The molecule has 3 rings (SSSR count). The lowest BCUT2D eigenvalue weighted by Gasteiger charge is -2.09. The number of benzene rings is 2. The van der Waals surface area contributed by atoms with E-state index in [1.54, 1.807) is 6.20 Å². The van der Waals surface area contributed by atoms with Gasteiger partial charge in [-0.2, -0.15) is 0 Å². The summed E-state index contributed by atoms with van der Waals surface area (Å²) in [6.45, 7) is 3.11. The number of pyridine rings is 1. The van der Waals surface area contributed by atoms with Crippen LogP contribution in [0.3, 0.4) is 0 Å². The van der Waals surface area contributed by atoms with Crippen molar-refractivity contribution < 1.29 is 4.79 Å². The van der Waals surface area contributed by atoms with Crippen LogP contribution in [0.5, 0.6) is 0 Å². The lowest BCUT2D eigenvalue weighted by Crippen LogP contribution is -2.12. The maximum atomic E-state index is 12.5. The smallest absolute Gasteiger partial charge is 0.255 e. The first-order chi connectivity index (χ1) is 12.3. The molecule has 0 radical (unpaired) electrons. The summed E-state index contributed by atoms with van der Waals surface area (Å²) in [5, 5.41) is 7.30. The van der Waals surface area contributed by atoms with E-state index in [1.165, 1.54) is 12.8 Å². The SMILES string of the molecule is CCCCCNc1cccc(C(=O)Nc2cnc3ccccc3c2)c1. The molecule has 0 aliphatic heterocycles. The number of carbonyl (C=O) groups is 1. The Morgan fingerprint density at radius 1 is 1.00 bits per heavy atom. The molecular formula is C21H23N3O. The van der Waals surface area contributed by atoms with Crippen LogP contribution in [0.2, 0.25) is 0 Å². The standard InChI is InChI=1S/C21H23N3O/c1-2-3-6-12-22-18-10-7-9-17(14-18)21(25)24-19-13-16-8-4-5-11-20(16)23-15-19/h4-5,7-11,13-15,22H,2-3,6,12H2,1H3,(H,24,25). The number of hydrogen-bond acceptors (Lipinski definition) is 3. The van der Waals surface area contributed by atoms with E-state index in [1.807, 2.05) is 54.6 Å². The van der Waals surface area contributed by atoms with Gasteiger partial charge in [0.1, 0.15) is 0 Å². The van der Waals surface area contributed by atoms with Crippen LogP contribution in [-0.4, -0.2) is 17.4 Å². The Bertz CT molecular complexity index is 860. The van der Waals surface area contributed by atoms with Gasteiger partial charge in [-0.25, -0.2) is 0 Å². The van der Waals surface area contributed by atoms with E-state index < -0.39 is 0 Å². The minimum atomic E-state index is -0.130. The van der Waals surface area contributed by atoms with Gasteiger partial charge in [-0.05, 0) is 36.8 Å². The minimum Gasteiger partial charge on any atom is -0.385 e. The molecule has 3 aromatic rings. The Morgan fingerprint density at radius 3 is 2.76 bits per heavy atom. The van der Waals surface area contributed by atoms with Crippen molar-refractivity contribution in [1.29, 1.82) is 0 Å². The molecule has 0 aliphatic carbocycles. The van der Waals surface area contributed by atoms with E-state index in [4.69, 9.17) is 0 Å². The van der Waals surface area contributed by atoms with Gasteiger partial charge in [0.15, 0.2) is 0 Å². The summed E-state index contributed by atoms with van der Waals surface area (Å²) in [6, 6.07) is 17.4. The number of hydrogen-bond donors (Lipinski definition) is 2. The van der Waals surface area contributed by atoms with Crippen molar-refractivity contribution in [3.63, 3.8) is 0 Å². The number of nitrogens with one attached hydrogen (secondary N) is 2. The molecule has 2 aromatic carbocycles. The Morgan fingerprint density at radius 2 is 1.88 bits per heavy atom. The summed E-state index contributed by atoms with van der Waals surface area (Å²) in [5.74, 6) is -0.130. The molecule has 2 N–H and O–H groups in total. The number of fused-ring (bicyclic) bond motifs is 1. The average Bonchev–Trinajstić information content (AvgIpc) is 2.65. The topological polar surface area (TPSA) is 54.0 Å². The molecule has 0 fully saturated rings. The molecule has 4 nitrogen and oxygen atoms in total. The van der Waals surface area contributed by atoms with Crippen LogP contribution in [0.15, 0.2) is 60.8 Å². The first-order valence-corrected chi connectivity index (χ1v) is 8.76. The molecule has 0 spiro atoms. The normalized spacial score (nSPS) is 10.6. The second-order valence-electron chi connectivity index (χ2n) is 6.09. The zero-order valence-electron chi connectivity index (χ0n) is 14.5. The van der Waals surface area contributed by atoms with E-state index in [-0.39, 0.29) is 5.91 Å². The predicted octanol–water partition coefficient (Wildman–Crippen LogP) is 5.09. The van der Waals surface area contributed by atoms with Crippen LogP contribution >= 0.6 is 0 Å². The van der Waals surface area contributed by atoms with Crippen molar-refractivity contribution >= 4 is 28.2 Å². The van der Waals surface area contributed by atoms with E-state index in [2.05, 4.69) is 22.5 Å². The highest BCUT2D eigenvalue weighted by Gasteiger charge is 2.07. The summed E-state index contributed by atoms with van der Waals surface area (Å²) >= 11 is 0. The molecule has 0 atom stereocenters. The zero-order chi connectivity index (χ0) is 17.5. The fourth-order valence-corrected chi connectivity index (χ4v) is 2.72. The van der Waals surface area contributed by atoms with Gasteiger partial charge in [-0.3, -0.25) is 9.78 Å². The molecule has 4 heteroatoms. The predicted molar refractivity (Wildman–Crippen MR) is 104 cm³/mol. The molecule has 25 heavy (non-hydrogen) atoms. The van der Waals surface area contributed by atoms with Crippen molar-refractivity contribution in [2.24, 2.45) is 0 Å². The van der Waals surface area contributed by atoms with Gasteiger partial charge >= 0.3 is 0 Å². The Balaban J connectivity index is 1.67.